The van der Waals surface area contributed by atoms with E-state index < -0.39 is 32.6 Å². The van der Waals surface area contributed by atoms with Gasteiger partial charge < -0.3 is 5.32 Å². The zero-order valence-electron chi connectivity index (χ0n) is 14.8. The molecule has 0 aliphatic heterocycles. The third kappa shape index (κ3) is 3.74. The highest BCUT2D eigenvalue weighted by molar-refractivity contribution is 7.92. The second-order valence-electron chi connectivity index (χ2n) is 5.93. The van der Waals surface area contributed by atoms with Crippen molar-refractivity contribution >= 4 is 21.4 Å². The molecular formula is C17H15F2N5O3S. The Morgan fingerprint density at radius 1 is 1.14 bits per heavy atom. The van der Waals surface area contributed by atoms with Crippen LogP contribution in [0, 0.1) is 18.6 Å². The SMILES string of the molecule is Cc1nnnn1-c1cc(NC(=O)C(C)S(=O)(=O)c2ccc(F)cc2)ccc1F. The summed E-state index contributed by atoms with van der Waals surface area (Å²) in [5, 5.41) is 11.7. The quantitative estimate of drug-likeness (QED) is 0.649. The van der Waals surface area contributed by atoms with E-state index in [-0.39, 0.29) is 16.3 Å². The summed E-state index contributed by atoms with van der Waals surface area (Å²) in [6.07, 6.45) is 0. The maximum absolute atomic E-state index is 14.1. The largest absolute Gasteiger partial charge is 0.325 e. The average Bonchev–Trinajstić information content (AvgIpc) is 3.08. The molecule has 2 aromatic carbocycles. The Morgan fingerprint density at radius 3 is 2.43 bits per heavy atom. The number of amides is 1. The maximum atomic E-state index is 14.1. The van der Waals surface area contributed by atoms with Gasteiger partial charge >= 0.3 is 0 Å². The first kappa shape index (κ1) is 19.5. The fourth-order valence-corrected chi connectivity index (χ4v) is 3.68. The minimum Gasteiger partial charge on any atom is -0.325 e. The average molecular weight is 407 g/mol. The minimum atomic E-state index is -4.03. The molecule has 1 aromatic heterocycles. The first-order valence-corrected chi connectivity index (χ1v) is 9.60. The van der Waals surface area contributed by atoms with Crippen LogP contribution in [0.4, 0.5) is 14.5 Å². The van der Waals surface area contributed by atoms with Crippen LogP contribution in [0.5, 0.6) is 0 Å². The minimum absolute atomic E-state index is 0.00524. The molecule has 0 saturated carbocycles. The first-order chi connectivity index (χ1) is 13.2. The number of tetrazole rings is 1. The molecule has 1 atom stereocenters. The monoisotopic (exact) mass is 407 g/mol. The number of hydrogen-bond acceptors (Lipinski definition) is 6. The van der Waals surface area contributed by atoms with E-state index in [4.69, 9.17) is 0 Å². The number of aromatic nitrogens is 4. The number of anilines is 1. The van der Waals surface area contributed by atoms with Crippen LogP contribution >= 0.6 is 0 Å². The number of benzene rings is 2. The van der Waals surface area contributed by atoms with Gasteiger partial charge in [0.1, 0.15) is 22.6 Å². The van der Waals surface area contributed by atoms with Crippen molar-refractivity contribution in [3.05, 3.63) is 59.9 Å². The van der Waals surface area contributed by atoms with Crippen LogP contribution < -0.4 is 5.32 Å². The highest BCUT2D eigenvalue weighted by Gasteiger charge is 2.30. The normalized spacial score (nSPS) is 12.6. The van der Waals surface area contributed by atoms with Gasteiger partial charge in [-0.3, -0.25) is 4.79 Å². The summed E-state index contributed by atoms with van der Waals surface area (Å²) in [5.74, 6) is -1.71. The summed E-state index contributed by atoms with van der Waals surface area (Å²) in [4.78, 5) is 12.3. The second-order valence-corrected chi connectivity index (χ2v) is 8.20. The van der Waals surface area contributed by atoms with E-state index in [0.717, 1.165) is 35.0 Å². The number of sulfone groups is 1. The third-order valence-electron chi connectivity index (χ3n) is 4.04. The Morgan fingerprint density at radius 2 is 1.82 bits per heavy atom. The van der Waals surface area contributed by atoms with Crippen LogP contribution in [0.15, 0.2) is 47.4 Å². The van der Waals surface area contributed by atoms with Crippen LogP contribution in [0.3, 0.4) is 0 Å². The van der Waals surface area contributed by atoms with Gasteiger partial charge in [0.05, 0.1) is 4.90 Å². The molecular weight excluding hydrogens is 392 g/mol. The molecule has 1 N–H and O–H groups in total. The molecule has 146 valence electrons. The van der Waals surface area contributed by atoms with Crippen molar-refractivity contribution in [2.24, 2.45) is 0 Å². The highest BCUT2D eigenvalue weighted by atomic mass is 32.2. The smallest absolute Gasteiger partial charge is 0.242 e. The molecule has 1 amide bonds. The Labute approximate surface area is 159 Å². The van der Waals surface area contributed by atoms with Crippen molar-refractivity contribution in [2.75, 3.05) is 5.32 Å². The summed E-state index contributed by atoms with van der Waals surface area (Å²) < 4.78 is 53.4. The van der Waals surface area contributed by atoms with Gasteiger partial charge in [0.2, 0.25) is 5.91 Å². The predicted octanol–water partition coefficient (Wildman–Crippen LogP) is 2.05. The maximum Gasteiger partial charge on any atom is 0.242 e. The van der Waals surface area contributed by atoms with Crippen molar-refractivity contribution < 1.29 is 22.0 Å². The molecule has 28 heavy (non-hydrogen) atoms. The number of rotatable bonds is 5. The summed E-state index contributed by atoms with van der Waals surface area (Å²) in [7, 11) is -4.03. The molecule has 1 heterocycles. The number of carbonyl (C=O) groups excluding carboxylic acids is 1. The van der Waals surface area contributed by atoms with Crippen molar-refractivity contribution in [3.63, 3.8) is 0 Å². The van der Waals surface area contributed by atoms with Gasteiger partial charge in [-0.15, -0.1) is 5.10 Å². The van der Waals surface area contributed by atoms with Gasteiger partial charge in [0.25, 0.3) is 0 Å². The van der Waals surface area contributed by atoms with Crippen molar-refractivity contribution in [2.45, 2.75) is 24.0 Å². The molecule has 11 heteroatoms. The molecule has 0 spiro atoms. The molecule has 0 aliphatic rings. The lowest BCUT2D eigenvalue weighted by molar-refractivity contribution is -0.115. The number of halogens is 2. The number of nitrogens with one attached hydrogen (secondary N) is 1. The Bertz CT molecular complexity index is 1130. The van der Waals surface area contributed by atoms with Crippen LogP contribution in [0.25, 0.3) is 5.69 Å². The summed E-state index contributed by atoms with van der Waals surface area (Å²) in [6.45, 7) is 2.78. The number of aryl methyl sites for hydroxylation is 1. The van der Waals surface area contributed by atoms with Gasteiger partial charge in [0.15, 0.2) is 15.7 Å². The first-order valence-electron chi connectivity index (χ1n) is 8.05. The van der Waals surface area contributed by atoms with E-state index in [2.05, 4.69) is 20.8 Å². The topological polar surface area (TPSA) is 107 Å². The second kappa shape index (κ2) is 7.43. The number of nitrogens with zero attached hydrogens (tertiary/aromatic N) is 4. The van der Waals surface area contributed by atoms with Crippen LogP contribution in [0.1, 0.15) is 12.7 Å². The molecule has 8 nitrogen and oxygen atoms in total. The summed E-state index contributed by atoms with van der Waals surface area (Å²) in [5.41, 5.74) is 0.159. The molecule has 0 fully saturated rings. The standard InChI is InChI=1S/C17H15F2N5O3S/c1-10(28(26,27)14-6-3-12(18)4-7-14)17(25)20-13-5-8-15(19)16(9-13)24-11(2)21-22-23-24/h3-10H,1-2H3,(H,20,25). The Balaban J connectivity index is 1.85. The van der Waals surface area contributed by atoms with Crippen LogP contribution in [0.2, 0.25) is 0 Å². The Hall–Kier alpha value is -3.21. The van der Waals surface area contributed by atoms with Crippen molar-refractivity contribution in [3.8, 4) is 5.69 Å². The number of carbonyl (C=O) groups is 1. The Kier molecular flexibility index (Phi) is 5.18. The van der Waals surface area contributed by atoms with Gasteiger partial charge in [-0.2, -0.15) is 4.68 Å². The van der Waals surface area contributed by atoms with E-state index in [9.17, 15) is 22.0 Å². The molecule has 1 unspecified atom stereocenters. The van der Waals surface area contributed by atoms with Gasteiger partial charge in [0, 0.05) is 5.69 Å². The van der Waals surface area contributed by atoms with E-state index in [1.807, 2.05) is 0 Å². The van der Waals surface area contributed by atoms with E-state index >= 15 is 0 Å². The van der Waals surface area contributed by atoms with Crippen molar-refractivity contribution in [1.82, 2.24) is 20.2 Å². The fourth-order valence-electron chi connectivity index (χ4n) is 2.42. The lowest BCUT2D eigenvalue weighted by Gasteiger charge is -2.14. The van der Waals surface area contributed by atoms with Crippen LogP contribution in [-0.2, 0) is 14.6 Å². The molecule has 0 radical (unpaired) electrons. The number of hydrogen-bond donors (Lipinski definition) is 1. The van der Waals surface area contributed by atoms with Gasteiger partial charge in [-0.25, -0.2) is 17.2 Å². The van der Waals surface area contributed by atoms with E-state index in [0.29, 0.717) is 5.82 Å². The van der Waals surface area contributed by atoms with Crippen LogP contribution in [-0.4, -0.2) is 39.8 Å². The summed E-state index contributed by atoms with van der Waals surface area (Å²) in [6, 6.07) is 7.85. The van der Waals surface area contributed by atoms with Crippen molar-refractivity contribution in [1.29, 1.82) is 0 Å². The molecule has 0 aliphatic carbocycles. The molecule has 0 bridgehead atoms. The highest BCUT2D eigenvalue weighted by Crippen LogP contribution is 2.21. The van der Waals surface area contributed by atoms with Gasteiger partial charge in [-0.1, -0.05) is 0 Å². The third-order valence-corrected chi connectivity index (χ3v) is 6.12. The summed E-state index contributed by atoms with van der Waals surface area (Å²) >= 11 is 0. The zero-order chi connectivity index (χ0) is 20.5. The fraction of sp³-hybridized carbons (Fsp3) is 0.176. The zero-order valence-corrected chi connectivity index (χ0v) is 15.6. The molecule has 3 rings (SSSR count). The lowest BCUT2D eigenvalue weighted by atomic mass is 10.2. The van der Waals surface area contributed by atoms with E-state index in [1.165, 1.54) is 19.1 Å². The van der Waals surface area contributed by atoms with E-state index in [1.54, 1.807) is 6.92 Å². The molecule has 3 aromatic rings. The molecule has 0 saturated heterocycles. The van der Waals surface area contributed by atoms with Gasteiger partial charge in [-0.05, 0) is 66.7 Å². The predicted molar refractivity (Wildman–Crippen MR) is 95.5 cm³/mol. The lowest BCUT2D eigenvalue weighted by Crippen LogP contribution is -2.32.